The van der Waals surface area contributed by atoms with Gasteiger partial charge in [-0.25, -0.2) is 0 Å². The summed E-state index contributed by atoms with van der Waals surface area (Å²) in [5, 5.41) is 3.20. The average molecular weight is 210 g/mol. The molecule has 4 heteroatoms. The minimum Gasteiger partial charge on any atom is -0.311 e. The van der Waals surface area contributed by atoms with Crippen molar-refractivity contribution in [1.29, 1.82) is 0 Å². The van der Waals surface area contributed by atoms with Crippen molar-refractivity contribution in [3.05, 3.63) is 12.2 Å². The van der Waals surface area contributed by atoms with E-state index in [1.807, 2.05) is 13.8 Å². The van der Waals surface area contributed by atoms with E-state index >= 15 is 0 Å². The highest BCUT2D eigenvalue weighted by atomic mass is 16.2. The maximum absolute atomic E-state index is 11.3. The molecule has 0 spiro atoms. The molecule has 0 radical (unpaired) electrons. The summed E-state index contributed by atoms with van der Waals surface area (Å²) in [6.07, 6.45) is 0.702. The number of nitrogens with one attached hydrogen (secondary N) is 1. The van der Waals surface area contributed by atoms with E-state index in [0.717, 1.165) is 5.57 Å². The lowest BCUT2D eigenvalue weighted by Crippen LogP contribution is -2.34. The number of hydrogen-bond acceptors (Lipinski definition) is 3. The molecule has 15 heavy (non-hydrogen) atoms. The van der Waals surface area contributed by atoms with Crippen LogP contribution in [0.2, 0.25) is 0 Å². The monoisotopic (exact) mass is 210 g/mol. The van der Waals surface area contributed by atoms with Gasteiger partial charge in [-0.3, -0.25) is 14.5 Å². The zero-order valence-electron chi connectivity index (χ0n) is 9.38. The molecule has 0 aromatic carbocycles. The Morgan fingerprint density at radius 1 is 1.40 bits per heavy atom. The summed E-state index contributed by atoms with van der Waals surface area (Å²) in [5.41, 5.74) is 0.868. The molecule has 0 aromatic rings. The van der Waals surface area contributed by atoms with Crippen LogP contribution in [0.15, 0.2) is 12.2 Å². The van der Waals surface area contributed by atoms with Gasteiger partial charge in [-0.05, 0) is 5.57 Å². The van der Waals surface area contributed by atoms with Gasteiger partial charge in [0.05, 0.1) is 6.54 Å². The third kappa shape index (κ3) is 3.47. The summed E-state index contributed by atoms with van der Waals surface area (Å²) < 4.78 is 0. The van der Waals surface area contributed by atoms with Gasteiger partial charge < -0.3 is 5.32 Å². The van der Waals surface area contributed by atoms with E-state index in [-0.39, 0.29) is 11.8 Å². The van der Waals surface area contributed by atoms with Crippen LogP contribution in [0.1, 0.15) is 26.7 Å². The molecule has 0 unspecified atom stereocenters. The molecule has 0 atom stereocenters. The van der Waals surface area contributed by atoms with Crippen LogP contribution in [-0.4, -0.2) is 35.8 Å². The van der Waals surface area contributed by atoms with Crippen molar-refractivity contribution in [2.24, 2.45) is 0 Å². The lowest BCUT2D eigenvalue weighted by Gasteiger charge is -2.16. The van der Waals surface area contributed by atoms with E-state index in [9.17, 15) is 9.59 Å². The van der Waals surface area contributed by atoms with Gasteiger partial charge in [0, 0.05) is 25.4 Å². The Bertz CT molecular complexity index is 268. The maximum Gasteiger partial charge on any atom is 0.229 e. The first-order valence-corrected chi connectivity index (χ1v) is 5.24. The zero-order chi connectivity index (χ0) is 11.4. The highest BCUT2D eigenvalue weighted by molar-refractivity contribution is 6.02. The molecule has 1 heterocycles. The van der Waals surface area contributed by atoms with E-state index in [4.69, 9.17) is 0 Å². The van der Waals surface area contributed by atoms with E-state index in [1.165, 1.54) is 4.90 Å². The largest absolute Gasteiger partial charge is 0.311 e. The van der Waals surface area contributed by atoms with Gasteiger partial charge in [0.1, 0.15) is 0 Å². The second kappa shape index (κ2) is 5.07. The molecule has 0 bridgehead atoms. The van der Waals surface area contributed by atoms with Crippen molar-refractivity contribution in [2.45, 2.75) is 32.7 Å². The van der Waals surface area contributed by atoms with Gasteiger partial charge in [-0.2, -0.15) is 0 Å². The quantitative estimate of drug-likeness (QED) is 0.536. The van der Waals surface area contributed by atoms with Crippen LogP contribution < -0.4 is 5.32 Å². The second-order valence-corrected chi connectivity index (χ2v) is 4.16. The lowest BCUT2D eigenvalue weighted by atomic mass is 10.2. The van der Waals surface area contributed by atoms with Crippen molar-refractivity contribution < 1.29 is 9.59 Å². The van der Waals surface area contributed by atoms with Gasteiger partial charge >= 0.3 is 0 Å². The molecule has 2 amide bonds. The van der Waals surface area contributed by atoms with Crippen molar-refractivity contribution in [3.8, 4) is 0 Å². The highest BCUT2D eigenvalue weighted by Crippen LogP contribution is 2.12. The molecule has 1 N–H and O–H groups in total. The first-order valence-electron chi connectivity index (χ1n) is 5.24. The number of carbonyl (C=O) groups is 2. The third-order valence-electron chi connectivity index (χ3n) is 2.30. The van der Waals surface area contributed by atoms with E-state index in [2.05, 4.69) is 11.9 Å². The molecule has 4 nitrogen and oxygen atoms in total. The number of carbonyl (C=O) groups excluding carboxylic acids is 2. The Morgan fingerprint density at radius 3 is 2.40 bits per heavy atom. The van der Waals surface area contributed by atoms with Gasteiger partial charge in [0.25, 0.3) is 0 Å². The lowest BCUT2D eigenvalue weighted by molar-refractivity contribution is -0.137. The number of hydrogen-bond donors (Lipinski definition) is 1. The summed E-state index contributed by atoms with van der Waals surface area (Å²) in [5.74, 6) is -0.156. The Labute approximate surface area is 90.3 Å². The van der Waals surface area contributed by atoms with Crippen LogP contribution in [0.4, 0.5) is 0 Å². The fourth-order valence-corrected chi connectivity index (χ4v) is 1.43. The minimum absolute atomic E-state index is 0.0781. The van der Waals surface area contributed by atoms with Gasteiger partial charge in [0.15, 0.2) is 0 Å². The van der Waals surface area contributed by atoms with Crippen LogP contribution in [0.5, 0.6) is 0 Å². The van der Waals surface area contributed by atoms with Crippen molar-refractivity contribution in [3.63, 3.8) is 0 Å². The smallest absolute Gasteiger partial charge is 0.229 e. The second-order valence-electron chi connectivity index (χ2n) is 4.16. The van der Waals surface area contributed by atoms with Crippen LogP contribution in [0.25, 0.3) is 0 Å². The Morgan fingerprint density at radius 2 is 1.93 bits per heavy atom. The molecule has 1 saturated heterocycles. The first-order chi connectivity index (χ1) is 7.00. The van der Waals surface area contributed by atoms with E-state index < -0.39 is 0 Å². The number of nitrogens with zero attached hydrogens (tertiary/aromatic N) is 1. The average Bonchev–Trinajstić information content (AvgIpc) is 2.46. The summed E-state index contributed by atoms with van der Waals surface area (Å²) in [7, 11) is 0. The van der Waals surface area contributed by atoms with E-state index in [1.54, 1.807) is 0 Å². The number of imide groups is 1. The standard InChI is InChI=1S/C11H18N2O2/c1-8(2)12-6-9(3)7-13-10(14)4-5-11(13)15/h8,12H,3-7H2,1-2H3. The first kappa shape index (κ1) is 11.9. The normalized spacial score (nSPS) is 16.6. The molecule has 1 rings (SSSR count). The van der Waals surface area contributed by atoms with Gasteiger partial charge in [-0.15, -0.1) is 0 Å². The molecule has 0 aliphatic carbocycles. The topological polar surface area (TPSA) is 49.4 Å². The molecule has 0 aromatic heterocycles. The van der Waals surface area contributed by atoms with Crippen LogP contribution >= 0.6 is 0 Å². The van der Waals surface area contributed by atoms with Crippen LogP contribution in [0.3, 0.4) is 0 Å². The van der Waals surface area contributed by atoms with Crippen LogP contribution in [-0.2, 0) is 9.59 Å². The molecule has 84 valence electrons. The SMILES string of the molecule is C=C(CNC(C)C)CN1C(=O)CCC1=O. The predicted molar refractivity (Wildman–Crippen MR) is 58.2 cm³/mol. The highest BCUT2D eigenvalue weighted by Gasteiger charge is 2.28. The number of rotatable bonds is 5. The number of likely N-dealkylation sites (tertiary alicyclic amines) is 1. The Hall–Kier alpha value is -1.16. The molecule has 1 fully saturated rings. The summed E-state index contributed by atoms with van der Waals surface area (Å²) >= 11 is 0. The maximum atomic E-state index is 11.3. The molecule has 1 aliphatic heterocycles. The molecular formula is C11H18N2O2. The fraction of sp³-hybridized carbons (Fsp3) is 0.636. The molecular weight excluding hydrogens is 192 g/mol. The van der Waals surface area contributed by atoms with Gasteiger partial charge in [-0.1, -0.05) is 20.4 Å². The minimum atomic E-state index is -0.0781. The molecule has 0 saturated carbocycles. The summed E-state index contributed by atoms with van der Waals surface area (Å²) in [6, 6.07) is 0.381. The van der Waals surface area contributed by atoms with Crippen LogP contribution in [0, 0.1) is 0 Å². The summed E-state index contributed by atoms with van der Waals surface area (Å²) in [6.45, 7) is 8.94. The fourth-order valence-electron chi connectivity index (χ4n) is 1.43. The summed E-state index contributed by atoms with van der Waals surface area (Å²) in [4.78, 5) is 23.9. The Kier molecular flexibility index (Phi) is 4.03. The zero-order valence-corrected chi connectivity index (χ0v) is 9.38. The number of amides is 2. The third-order valence-corrected chi connectivity index (χ3v) is 2.30. The molecule has 1 aliphatic rings. The van der Waals surface area contributed by atoms with Crippen molar-refractivity contribution >= 4 is 11.8 Å². The predicted octanol–water partition coefficient (Wildman–Crippen LogP) is 0.690. The van der Waals surface area contributed by atoms with Gasteiger partial charge in [0.2, 0.25) is 11.8 Å². The Balaban J connectivity index is 2.37. The van der Waals surface area contributed by atoms with Crippen molar-refractivity contribution in [2.75, 3.05) is 13.1 Å². The van der Waals surface area contributed by atoms with E-state index in [0.29, 0.717) is 32.0 Å². The van der Waals surface area contributed by atoms with Crippen molar-refractivity contribution in [1.82, 2.24) is 10.2 Å².